The smallest absolute Gasteiger partial charge is 0.0925 e. The molecule has 0 fully saturated rings. The van der Waals surface area contributed by atoms with Crippen LogP contribution in [0.3, 0.4) is 0 Å². The lowest BCUT2D eigenvalue weighted by Gasteiger charge is -2.11. The Hall–Kier alpha value is -0.410. The van der Waals surface area contributed by atoms with E-state index in [0.29, 0.717) is 6.04 Å². The highest BCUT2D eigenvalue weighted by Crippen LogP contribution is 2.08. The normalized spacial score (nSPS) is 13.1. The average molecular weight is 198 g/mol. The molecule has 2 nitrogen and oxygen atoms in total. The largest absolute Gasteiger partial charge is 0.314 e. The van der Waals surface area contributed by atoms with Crippen molar-refractivity contribution in [2.75, 3.05) is 6.54 Å². The van der Waals surface area contributed by atoms with E-state index in [0.717, 1.165) is 13.0 Å². The SMILES string of the molecule is CCCNC(C)CCc1nccs1. The van der Waals surface area contributed by atoms with Gasteiger partial charge < -0.3 is 5.32 Å². The van der Waals surface area contributed by atoms with E-state index in [1.165, 1.54) is 17.8 Å². The summed E-state index contributed by atoms with van der Waals surface area (Å²) < 4.78 is 0. The molecule has 0 aliphatic carbocycles. The van der Waals surface area contributed by atoms with Crippen LogP contribution < -0.4 is 5.32 Å². The van der Waals surface area contributed by atoms with E-state index in [1.807, 2.05) is 11.6 Å². The van der Waals surface area contributed by atoms with Crippen LogP contribution in [0.5, 0.6) is 0 Å². The summed E-state index contributed by atoms with van der Waals surface area (Å²) in [6, 6.07) is 0.615. The number of hydrogen-bond donors (Lipinski definition) is 1. The van der Waals surface area contributed by atoms with Crippen molar-refractivity contribution in [2.24, 2.45) is 0 Å². The third kappa shape index (κ3) is 4.39. The molecule has 1 rings (SSSR count). The van der Waals surface area contributed by atoms with Gasteiger partial charge in [-0.3, -0.25) is 0 Å². The third-order valence-electron chi connectivity index (χ3n) is 2.02. The first-order chi connectivity index (χ1) is 6.33. The van der Waals surface area contributed by atoms with Gasteiger partial charge in [-0.25, -0.2) is 4.98 Å². The lowest BCUT2D eigenvalue weighted by molar-refractivity contribution is 0.513. The second kappa shape index (κ2) is 6.11. The highest BCUT2D eigenvalue weighted by atomic mass is 32.1. The summed E-state index contributed by atoms with van der Waals surface area (Å²) in [6.07, 6.45) is 5.38. The van der Waals surface area contributed by atoms with Gasteiger partial charge >= 0.3 is 0 Å². The van der Waals surface area contributed by atoms with Gasteiger partial charge in [0.15, 0.2) is 0 Å². The van der Waals surface area contributed by atoms with E-state index in [2.05, 4.69) is 24.1 Å². The standard InChI is InChI=1S/C10H18N2S/c1-3-6-11-9(2)4-5-10-12-7-8-13-10/h7-9,11H,3-6H2,1-2H3. The Morgan fingerprint density at radius 2 is 2.46 bits per heavy atom. The van der Waals surface area contributed by atoms with Crippen molar-refractivity contribution in [3.05, 3.63) is 16.6 Å². The molecule has 1 heterocycles. The van der Waals surface area contributed by atoms with Gasteiger partial charge in [0.25, 0.3) is 0 Å². The lowest BCUT2D eigenvalue weighted by Crippen LogP contribution is -2.27. The monoisotopic (exact) mass is 198 g/mol. The van der Waals surface area contributed by atoms with Crippen LogP contribution in [0.25, 0.3) is 0 Å². The molecule has 1 aromatic heterocycles. The second-order valence-corrected chi connectivity index (χ2v) is 4.30. The predicted octanol–water partition coefficient (Wildman–Crippen LogP) is 2.46. The van der Waals surface area contributed by atoms with Crippen molar-refractivity contribution in [3.8, 4) is 0 Å². The van der Waals surface area contributed by atoms with Crippen molar-refractivity contribution in [3.63, 3.8) is 0 Å². The predicted molar refractivity (Wildman–Crippen MR) is 58.2 cm³/mol. The van der Waals surface area contributed by atoms with Crippen LogP contribution in [-0.4, -0.2) is 17.6 Å². The Balaban J connectivity index is 2.11. The Morgan fingerprint density at radius 1 is 1.62 bits per heavy atom. The molecule has 0 aliphatic heterocycles. The van der Waals surface area contributed by atoms with E-state index in [1.54, 1.807) is 11.3 Å². The molecule has 1 aromatic rings. The van der Waals surface area contributed by atoms with Crippen LogP contribution in [0.1, 0.15) is 31.7 Å². The van der Waals surface area contributed by atoms with Crippen LogP contribution in [-0.2, 0) is 6.42 Å². The summed E-state index contributed by atoms with van der Waals surface area (Å²) in [5.41, 5.74) is 0. The fraction of sp³-hybridized carbons (Fsp3) is 0.700. The average Bonchev–Trinajstić information content (AvgIpc) is 2.64. The first-order valence-corrected chi connectivity index (χ1v) is 5.82. The van der Waals surface area contributed by atoms with Gasteiger partial charge in [0.1, 0.15) is 0 Å². The molecule has 0 radical (unpaired) electrons. The molecular formula is C10H18N2S. The zero-order chi connectivity index (χ0) is 9.52. The van der Waals surface area contributed by atoms with Gasteiger partial charge in [-0.15, -0.1) is 11.3 Å². The zero-order valence-electron chi connectivity index (χ0n) is 8.42. The van der Waals surface area contributed by atoms with E-state index in [4.69, 9.17) is 0 Å². The highest BCUT2D eigenvalue weighted by molar-refractivity contribution is 7.09. The van der Waals surface area contributed by atoms with E-state index < -0.39 is 0 Å². The molecule has 0 amide bonds. The maximum absolute atomic E-state index is 4.26. The fourth-order valence-corrected chi connectivity index (χ4v) is 1.85. The molecular weight excluding hydrogens is 180 g/mol. The van der Waals surface area contributed by atoms with Gasteiger partial charge in [0.05, 0.1) is 5.01 Å². The van der Waals surface area contributed by atoms with E-state index in [9.17, 15) is 0 Å². The minimum atomic E-state index is 0.615. The minimum Gasteiger partial charge on any atom is -0.314 e. The number of nitrogens with zero attached hydrogens (tertiary/aromatic N) is 1. The third-order valence-corrected chi connectivity index (χ3v) is 2.86. The Labute approximate surface area is 84.4 Å². The molecule has 0 aliphatic rings. The first kappa shape index (κ1) is 10.7. The van der Waals surface area contributed by atoms with Crippen LogP contribution in [0.4, 0.5) is 0 Å². The van der Waals surface area contributed by atoms with Gasteiger partial charge in [-0.1, -0.05) is 6.92 Å². The summed E-state index contributed by atoms with van der Waals surface area (Å²) >= 11 is 1.75. The molecule has 0 bridgehead atoms. The molecule has 13 heavy (non-hydrogen) atoms. The fourth-order valence-electron chi connectivity index (χ4n) is 1.21. The molecule has 0 saturated heterocycles. The van der Waals surface area contributed by atoms with Crippen molar-refractivity contribution in [1.29, 1.82) is 0 Å². The highest BCUT2D eigenvalue weighted by Gasteiger charge is 2.01. The van der Waals surface area contributed by atoms with Gasteiger partial charge in [0, 0.05) is 24.0 Å². The van der Waals surface area contributed by atoms with Crippen molar-refractivity contribution < 1.29 is 0 Å². The van der Waals surface area contributed by atoms with Crippen molar-refractivity contribution in [2.45, 2.75) is 39.2 Å². The van der Waals surface area contributed by atoms with Gasteiger partial charge in [-0.05, 0) is 26.3 Å². The summed E-state index contributed by atoms with van der Waals surface area (Å²) in [4.78, 5) is 4.26. The number of aryl methyl sites for hydroxylation is 1. The molecule has 1 unspecified atom stereocenters. The quantitative estimate of drug-likeness (QED) is 0.759. The maximum atomic E-state index is 4.26. The van der Waals surface area contributed by atoms with E-state index in [-0.39, 0.29) is 0 Å². The topological polar surface area (TPSA) is 24.9 Å². The molecule has 0 saturated carbocycles. The van der Waals surface area contributed by atoms with Crippen LogP contribution >= 0.6 is 11.3 Å². The number of hydrogen-bond acceptors (Lipinski definition) is 3. The number of thiazole rings is 1. The first-order valence-electron chi connectivity index (χ1n) is 4.94. The summed E-state index contributed by atoms with van der Waals surface area (Å²) in [7, 11) is 0. The molecule has 0 aromatic carbocycles. The van der Waals surface area contributed by atoms with Gasteiger partial charge in [0.2, 0.25) is 0 Å². The zero-order valence-corrected chi connectivity index (χ0v) is 9.23. The lowest BCUT2D eigenvalue weighted by atomic mass is 10.2. The molecule has 1 atom stereocenters. The number of nitrogens with one attached hydrogen (secondary N) is 1. The molecule has 0 spiro atoms. The van der Waals surface area contributed by atoms with Gasteiger partial charge in [-0.2, -0.15) is 0 Å². The maximum Gasteiger partial charge on any atom is 0.0925 e. The Bertz CT molecular complexity index is 209. The summed E-state index contributed by atoms with van der Waals surface area (Å²) in [6.45, 7) is 5.56. The second-order valence-electron chi connectivity index (χ2n) is 3.32. The van der Waals surface area contributed by atoms with Crippen LogP contribution in [0.15, 0.2) is 11.6 Å². The van der Waals surface area contributed by atoms with Crippen molar-refractivity contribution in [1.82, 2.24) is 10.3 Å². The summed E-state index contributed by atoms with van der Waals surface area (Å²) in [5.74, 6) is 0. The van der Waals surface area contributed by atoms with Crippen LogP contribution in [0, 0.1) is 0 Å². The Kier molecular flexibility index (Phi) is 5.01. The number of aromatic nitrogens is 1. The minimum absolute atomic E-state index is 0.615. The van der Waals surface area contributed by atoms with Crippen molar-refractivity contribution >= 4 is 11.3 Å². The Morgan fingerprint density at radius 3 is 3.08 bits per heavy atom. The number of rotatable bonds is 6. The molecule has 1 N–H and O–H groups in total. The van der Waals surface area contributed by atoms with Crippen LogP contribution in [0.2, 0.25) is 0 Å². The molecule has 3 heteroatoms. The summed E-state index contributed by atoms with van der Waals surface area (Å²) in [5, 5.41) is 6.77. The molecule has 74 valence electrons. The van der Waals surface area contributed by atoms with E-state index >= 15 is 0 Å².